The number of rotatable bonds is 5. The van der Waals surface area contributed by atoms with Crippen molar-refractivity contribution in [1.82, 2.24) is 10.9 Å². The van der Waals surface area contributed by atoms with Crippen molar-refractivity contribution in [2.45, 2.75) is 6.61 Å². The molecule has 2 aromatic carbocycles. The zero-order valence-electron chi connectivity index (χ0n) is 14.5. The van der Waals surface area contributed by atoms with E-state index in [2.05, 4.69) is 10.9 Å². The van der Waals surface area contributed by atoms with E-state index in [4.69, 9.17) is 4.74 Å². The van der Waals surface area contributed by atoms with Crippen LogP contribution in [0.2, 0.25) is 0 Å². The van der Waals surface area contributed by atoms with Gasteiger partial charge in [-0.2, -0.15) is 0 Å². The maximum atomic E-state index is 13.0. The van der Waals surface area contributed by atoms with E-state index in [1.165, 1.54) is 23.5 Å². The Bertz CT molecular complexity index is 954. The molecule has 0 spiro atoms. The van der Waals surface area contributed by atoms with Crippen LogP contribution in [0.15, 0.2) is 60.7 Å². The van der Waals surface area contributed by atoms with Crippen LogP contribution in [-0.4, -0.2) is 18.9 Å². The summed E-state index contributed by atoms with van der Waals surface area (Å²) in [5.74, 6) is -1.16. The Labute approximate surface area is 159 Å². The second kappa shape index (κ2) is 8.57. The molecule has 0 atom stereocenters. The lowest BCUT2D eigenvalue weighted by Crippen LogP contribution is -2.41. The van der Waals surface area contributed by atoms with Crippen molar-refractivity contribution in [1.29, 1.82) is 0 Å². The largest absolute Gasteiger partial charge is 0.380 e. The quantitative estimate of drug-likeness (QED) is 0.658. The van der Waals surface area contributed by atoms with Crippen LogP contribution >= 0.6 is 11.3 Å². The van der Waals surface area contributed by atoms with Gasteiger partial charge in [0.1, 0.15) is 5.82 Å². The van der Waals surface area contributed by atoms with Crippen molar-refractivity contribution in [3.63, 3.8) is 0 Å². The van der Waals surface area contributed by atoms with Gasteiger partial charge in [0.25, 0.3) is 11.8 Å². The third-order valence-corrected chi connectivity index (χ3v) is 4.88. The van der Waals surface area contributed by atoms with E-state index in [0.29, 0.717) is 17.0 Å². The molecule has 138 valence electrons. The molecule has 0 saturated heterocycles. The number of halogens is 1. The lowest BCUT2D eigenvalue weighted by atomic mass is 10.1. The van der Waals surface area contributed by atoms with Gasteiger partial charge >= 0.3 is 0 Å². The molecular weight excluding hydrogens is 367 g/mol. The second-order valence-electron chi connectivity index (χ2n) is 5.71. The molecular formula is C20H17FN2O3S. The Morgan fingerprint density at radius 2 is 1.74 bits per heavy atom. The van der Waals surface area contributed by atoms with E-state index in [9.17, 15) is 14.0 Å². The molecule has 3 aromatic rings. The van der Waals surface area contributed by atoms with Crippen LogP contribution in [0.4, 0.5) is 4.39 Å². The summed E-state index contributed by atoms with van der Waals surface area (Å²) in [4.78, 5) is 25.7. The number of nitrogens with one attached hydrogen (secondary N) is 2. The minimum atomic E-state index is -0.422. The maximum absolute atomic E-state index is 13.0. The summed E-state index contributed by atoms with van der Waals surface area (Å²) in [6.07, 6.45) is 0. The van der Waals surface area contributed by atoms with Gasteiger partial charge in [-0.1, -0.05) is 24.3 Å². The predicted octanol–water partition coefficient (Wildman–Crippen LogP) is 3.78. The number of thiophene rings is 1. The zero-order chi connectivity index (χ0) is 19.2. The molecule has 1 heterocycles. The van der Waals surface area contributed by atoms with Crippen molar-refractivity contribution in [3.8, 4) is 10.4 Å². The van der Waals surface area contributed by atoms with Crippen LogP contribution in [0.3, 0.4) is 0 Å². The van der Waals surface area contributed by atoms with Crippen LogP contribution in [0.1, 0.15) is 25.6 Å². The molecule has 0 fully saturated rings. The lowest BCUT2D eigenvalue weighted by Gasteiger charge is -2.07. The van der Waals surface area contributed by atoms with E-state index in [-0.39, 0.29) is 5.82 Å². The Morgan fingerprint density at radius 3 is 2.48 bits per heavy atom. The van der Waals surface area contributed by atoms with Gasteiger partial charge in [-0.15, -0.1) is 11.3 Å². The molecule has 2 amide bonds. The van der Waals surface area contributed by atoms with Gasteiger partial charge in [0.15, 0.2) is 0 Å². The van der Waals surface area contributed by atoms with Gasteiger partial charge in [0.05, 0.1) is 11.5 Å². The average Bonchev–Trinajstić information content (AvgIpc) is 3.17. The highest BCUT2D eigenvalue weighted by atomic mass is 32.1. The van der Waals surface area contributed by atoms with Crippen LogP contribution in [0, 0.1) is 5.82 Å². The summed E-state index contributed by atoms with van der Waals surface area (Å²) in [6, 6.07) is 16.4. The van der Waals surface area contributed by atoms with E-state index < -0.39 is 11.8 Å². The molecule has 0 bridgehead atoms. The van der Waals surface area contributed by atoms with Gasteiger partial charge in [-0.25, -0.2) is 4.39 Å². The normalized spacial score (nSPS) is 10.4. The standard InChI is InChI=1S/C20H17FN2O3S/c1-26-12-13-3-2-4-15(11-13)19(24)22-23-20(25)18-10-9-17(27-18)14-5-7-16(21)8-6-14/h2-11H,12H2,1H3,(H,22,24)(H,23,25). The van der Waals surface area contributed by atoms with E-state index in [1.807, 2.05) is 6.07 Å². The fourth-order valence-corrected chi connectivity index (χ4v) is 3.35. The summed E-state index contributed by atoms with van der Waals surface area (Å²) in [7, 11) is 1.58. The summed E-state index contributed by atoms with van der Waals surface area (Å²) in [6.45, 7) is 0.398. The fraction of sp³-hybridized carbons (Fsp3) is 0.100. The van der Waals surface area contributed by atoms with E-state index in [0.717, 1.165) is 16.0 Å². The monoisotopic (exact) mass is 384 g/mol. The number of methoxy groups -OCH3 is 1. The highest BCUT2D eigenvalue weighted by molar-refractivity contribution is 7.17. The Balaban J connectivity index is 1.62. The third kappa shape index (κ3) is 4.78. The minimum absolute atomic E-state index is 0.314. The Hall–Kier alpha value is -3.03. The Morgan fingerprint density at radius 1 is 1.00 bits per heavy atom. The van der Waals surface area contributed by atoms with Crippen molar-refractivity contribution in [3.05, 3.63) is 82.5 Å². The predicted molar refractivity (Wildman–Crippen MR) is 102 cm³/mol. The minimum Gasteiger partial charge on any atom is -0.380 e. The fourth-order valence-electron chi connectivity index (χ4n) is 2.45. The first-order valence-electron chi connectivity index (χ1n) is 8.11. The highest BCUT2D eigenvalue weighted by Crippen LogP contribution is 2.28. The summed E-state index contributed by atoms with van der Waals surface area (Å²) in [5.41, 5.74) is 6.90. The molecule has 3 rings (SSSR count). The molecule has 7 heteroatoms. The molecule has 0 aliphatic heterocycles. The first-order chi connectivity index (χ1) is 13.1. The number of carbonyl (C=O) groups excluding carboxylic acids is 2. The second-order valence-corrected chi connectivity index (χ2v) is 6.80. The molecule has 5 nitrogen and oxygen atoms in total. The van der Waals surface area contributed by atoms with Crippen molar-refractivity contribution < 1.29 is 18.7 Å². The highest BCUT2D eigenvalue weighted by Gasteiger charge is 2.12. The molecule has 0 aliphatic rings. The molecule has 27 heavy (non-hydrogen) atoms. The first-order valence-corrected chi connectivity index (χ1v) is 8.93. The van der Waals surface area contributed by atoms with Crippen molar-refractivity contribution >= 4 is 23.2 Å². The molecule has 1 aromatic heterocycles. The number of hydrogen-bond acceptors (Lipinski definition) is 4. The van der Waals surface area contributed by atoms with Crippen molar-refractivity contribution in [2.75, 3.05) is 7.11 Å². The van der Waals surface area contributed by atoms with Crippen LogP contribution < -0.4 is 10.9 Å². The molecule has 0 aliphatic carbocycles. The van der Waals surface area contributed by atoms with Crippen LogP contribution in [0.25, 0.3) is 10.4 Å². The van der Waals surface area contributed by atoms with Crippen LogP contribution in [-0.2, 0) is 11.3 Å². The van der Waals surface area contributed by atoms with E-state index in [1.54, 1.807) is 49.6 Å². The third-order valence-electron chi connectivity index (χ3n) is 3.75. The van der Waals surface area contributed by atoms with Gasteiger partial charge < -0.3 is 4.74 Å². The topological polar surface area (TPSA) is 67.4 Å². The first kappa shape index (κ1) is 18.8. The summed E-state index contributed by atoms with van der Waals surface area (Å²) in [5, 5.41) is 0. The number of hydrazine groups is 1. The molecule has 0 radical (unpaired) electrons. The van der Waals surface area contributed by atoms with E-state index >= 15 is 0 Å². The molecule has 2 N–H and O–H groups in total. The summed E-state index contributed by atoms with van der Waals surface area (Å²) >= 11 is 1.25. The number of hydrogen-bond donors (Lipinski definition) is 2. The number of amides is 2. The lowest BCUT2D eigenvalue weighted by molar-refractivity contribution is 0.0848. The molecule has 0 saturated carbocycles. The van der Waals surface area contributed by atoms with Gasteiger partial charge in [-0.05, 0) is 47.5 Å². The van der Waals surface area contributed by atoms with Gasteiger partial charge in [0, 0.05) is 17.6 Å². The number of benzene rings is 2. The Kier molecular flexibility index (Phi) is 5.95. The van der Waals surface area contributed by atoms with Gasteiger partial charge in [0.2, 0.25) is 0 Å². The van der Waals surface area contributed by atoms with Crippen LogP contribution in [0.5, 0.6) is 0 Å². The van der Waals surface area contributed by atoms with Crippen molar-refractivity contribution in [2.24, 2.45) is 0 Å². The smallest absolute Gasteiger partial charge is 0.279 e. The molecule has 0 unspecified atom stereocenters. The SMILES string of the molecule is COCc1cccc(C(=O)NNC(=O)c2ccc(-c3ccc(F)cc3)s2)c1. The zero-order valence-corrected chi connectivity index (χ0v) is 15.3. The average molecular weight is 384 g/mol. The summed E-state index contributed by atoms with van der Waals surface area (Å²) < 4.78 is 18.1. The van der Waals surface area contributed by atoms with Gasteiger partial charge in [-0.3, -0.25) is 20.4 Å². The number of carbonyl (C=O) groups is 2. The number of ether oxygens (including phenoxy) is 1. The maximum Gasteiger partial charge on any atom is 0.279 e.